The highest BCUT2D eigenvalue weighted by Crippen LogP contribution is 2.21. The fraction of sp³-hybridized carbons (Fsp3) is 0.714. The average Bonchev–Trinajstić information content (AvgIpc) is 3.10. The van der Waals surface area contributed by atoms with Gasteiger partial charge in [0.25, 0.3) is 0 Å². The molecule has 0 saturated carbocycles. The van der Waals surface area contributed by atoms with Crippen molar-refractivity contribution in [3.05, 3.63) is 17.0 Å². The molecule has 21 heavy (non-hydrogen) atoms. The van der Waals surface area contributed by atoms with Gasteiger partial charge in [0.15, 0.2) is 0 Å². The Morgan fingerprint density at radius 3 is 2.95 bits per heavy atom. The maximum atomic E-state index is 12.2. The second-order valence-corrected chi connectivity index (χ2v) is 8.38. The number of sulfonamides is 1. The molecule has 0 bridgehead atoms. The average molecular weight is 332 g/mol. The van der Waals surface area contributed by atoms with E-state index in [4.69, 9.17) is 4.74 Å². The monoisotopic (exact) mass is 332 g/mol. The molecule has 2 N–H and O–H groups in total. The third-order valence-corrected chi connectivity index (χ3v) is 6.45. The van der Waals surface area contributed by atoms with E-state index in [1.165, 1.54) is 11.3 Å². The number of nitrogens with one attached hydrogen (secondary N) is 2. The van der Waals surface area contributed by atoms with Crippen molar-refractivity contribution >= 4 is 21.4 Å². The Hall–Kier alpha value is -0.470. The predicted octanol–water partition coefficient (Wildman–Crippen LogP) is 2.10. The van der Waals surface area contributed by atoms with Gasteiger partial charge in [-0.1, -0.05) is 6.92 Å². The molecule has 0 radical (unpaired) electrons. The van der Waals surface area contributed by atoms with Crippen molar-refractivity contribution in [2.45, 2.75) is 49.5 Å². The van der Waals surface area contributed by atoms with Gasteiger partial charge in [0.1, 0.15) is 4.21 Å². The highest BCUT2D eigenvalue weighted by atomic mass is 32.2. The lowest BCUT2D eigenvalue weighted by Gasteiger charge is -2.09. The summed E-state index contributed by atoms with van der Waals surface area (Å²) in [6.07, 6.45) is 4.14. The van der Waals surface area contributed by atoms with Crippen molar-refractivity contribution < 1.29 is 13.2 Å². The van der Waals surface area contributed by atoms with Gasteiger partial charge in [0.05, 0.1) is 6.10 Å². The summed E-state index contributed by atoms with van der Waals surface area (Å²) < 4.78 is 32.9. The van der Waals surface area contributed by atoms with Gasteiger partial charge in [-0.15, -0.1) is 11.3 Å². The molecule has 2 rings (SSSR count). The second-order valence-electron chi connectivity index (χ2n) is 5.22. The first-order valence-corrected chi connectivity index (χ1v) is 9.82. The molecule has 0 spiro atoms. The van der Waals surface area contributed by atoms with E-state index in [2.05, 4.69) is 17.0 Å². The molecule has 1 atom stereocenters. The smallest absolute Gasteiger partial charge is 0.250 e. The summed E-state index contributed by atoms with van der Waals surface area (Å²) in [7, 11) is -3.38. The molecule has 1 fully saturated rings. The maximum Gasteiger partial charge on any atom is 0.250 e. The van der Waals surface area contributed by atoms with E-state index < -0.39 is 10.0 Å². The molecule has 7 heteroatoms. The number of rotatable bonds is 9. The SMILES string of the molecule is CCCNCc1ccc(S(=O)(=O)NCCC2CCCO2)s1. The number of thiophene rings is 1. The zero-order valence-corrected chi connectivity index (χ0v) is 14.1. The number of hydrogen-bond acceptors (Lipinski definition) is 5. The molecule has 1 saturated heterocycles. The standard InChI is InChI=1S/C14H24N2O3S2/c1-2-8-15-11-13-5-6-14(20-13)21(17,18)16-9-7-12-4-3-10-19-12/h5-6,12,15-16H,2-4,7-11H2,1H3. The topological polar surface area (TPSA) is 67.4 Å². The largest absolute Gasteiger partial charge is 0.378 e. The quantitative estimate of drug-likeness (QED) is 0.680. The summed E-state index contributed by atoms with van der Waals surface area (Å²) in [4.78, 5) is 1.04. The van der Waals surface area contributed by atoms with E-state index in [0.717, 1.165) is 50.3 Å². The van der Waals surface area contributed by atoms with Gasteiger partial charge in [0, 0.05) is 24.6 Å². The normalized spacial score (nSPS) is 19.2. The van der Waals surface area contributed by atoms with Crippen LogP contribution in [-0.2, 0) is 21.3 Å². The molecular formula is C14H24N2O3S2. The minimum absolute atomic E-state index is 0.213. The lowest BCUT2D eigenvalue weighted by molar-refractivity contribution is 0.105. The zero-order valence-electron chi connectivity index (χ0n) is 12.4. The first-order chi connectivity index (χ1) is 10.1. The van der Waals surface area contributed by atoms with Crippen LogP contribution in [0.4, 0.5) is 0 Å². The van der Waals surface area contributed by atoms with E-state index in [1.54, 1.807) is 6.07 Å². The molecular weight excluding hydrogens is 308 g/mol. The Balaban J connectivity index is 1.80. The van der Waals surface area contributed by atoms with Crippen LogP contribution in [0, 0.1) is 0 Å². The van der Waals surface area contributed by atoms with Crippen LogP contribution in [0.3, 0.4) is 0 Å². The Labute approximate surface area is 131 Å². The van der Waals surface area contributed by atoms with Gasteiger partial charge in [-0.2, -0.15) is 0 Å². The van der Waals surface area contributed by atoms with Crippen molar-refractivity contribution in [3.63, 3.8) is 0 Å². The van der Waals surface area contributed by atoms with Crippen LogP contribution in [0.5, 0.6) is 0 Å². The van der Waals surface area contributed by atoms with E-state index >= 15 is 0 Å². The summed E-state index contributed by atoms with van der Waals surface area (Å²) >= 11 is 1.33. The molecule has 120 valence electrons. The summed E-state index contributed by atoms with van der Waals surface area (Å²) in [6.45, 7) is 5.02. The minimum Gasteiger partial charge on any atom is -0.378 e. The minimum atomic E-state index is -3.38. The maximum absolute atomic E-state index is 12.2. The molecule has 2 heterocycles. The molecule has 1 aliphatic rings. The van der Waals surface area contributed by atoms with Crippen LogP contribution in [0.25, 0.3) is 0 Å². The molecule has 1 aromatic rings. The molecule has 1 aliphatic heterocycles. The Morgan fingerprint density at radius 1 is 1.38 bits per heavy atom. The van der Waals surface area contributed by atoms with Crippen LogP contribution < -0.4 is 10.0 Å². The third kappa shape index (κ3) is 5.34. The van der Waals surface area contributed by atoms with Crippen LogP contribution >= 0.6 is 11.3 Å². The fourth-order valence-electron chi connectivity index (χ4n) is 2.28. The van der Waals surface area contributed by atoms with Gasteiger partial charge >= 0.3 is 0 Å². The molecule has 1 unspecified atom stereocenters. The van der Waals surface area contributed by atoms with Crippen molar-refractivity contribution in [2.75, 3.05) is 19.7 Å². The number of ether oxygens (including phenoxy) is 1. The Bertz CT molecular complexity index is 522. The zero-order chi connectivity index (χ0) is 15.1. The predicted molar refractivity (Wildman–Crippen MR) is 85.1 cm³/mol. The molecule has 0 amide bonds. The first-order valence-electron chi connectivity index (χ1n) is 7.52. The lowest BCUT2D eigenvalue weighted by Crippen LogP contribution is -2.26. The van der Waals surface area contributed by atoms with Crippen LogP contribution in [0.1, 0.15) is 37.5 Å². The lowest BCUT2D eigenvalue weighted by atomic mass is 10.2. The van der Waals surface area contributed by atoms with Crippen molar-refractivity contribution in [2.24, 2.45) is 0 Å². The van der Waals surface area contributed by atoms with Crippen LogP contribution in [-0.4, -0.2) is 34.2 Å². The van der Waals surface area contributed by atoms with Gasteiger partial charge < -0.3 is 10.1 Å². The molecule has 0 aliphatic carbocycles. The second kappa shape index (κ2) is 8.24. The summed E-state index contributed by atoms with van der Waals surface area (Å²) in [6, 6.07) is 3.56. The van der Waals surface area contributed by atoms with Crippen molar-refractivity contribution in [1.29, 1.82) is 0 Å². The van der Waals surface area contributed by atoms with Gasteiger partial charge in [-0.25, -0.2) is 13.1 Å². The van der Waals surface area contributed by atoms with E-state index in [9.17, 15) is 8.42 Å². The Morgan fingerprint density at radius 2 is 2.24 bits per heavy atom. The van der Waals surface area contributed by atoms with E-state index in [1.807, 2.05) is 6.07 Å². The van der Waals surface area contributed by atoms with Crippen LogP contribution in [0.2, 0.25) is 0 Å². The third-order valence-electron chi connectivity index (χ3n) is 3.41. The van der Waals surface area contributed by atoms with E-state index in [0.29, 0.717) is 10.8 Å². The highest BCUT2D eigenvalue weighted by Gasteiger charge is 2.19. The molecule has 0 aromatic carbocycles. The summed E-state index contributed by atoms with van der Waals surface area (Å²) in [5, 5.41) is 3.28. The first kappa shape index (κ1) is 16.9. The van der Waals surface area contributed by atoms with Crippen molar-refractivity contribution in [1.82, 2.24) is 10.0 Å². The number of hydrogen-bond donors (Lipinski definition) is 2. The van der Waals surface area contributed by atoms with Crippen LogP contribution in [0.15, 0.2) is 16.3 Å². The van der Waals surface area contributed by atoms with Crippen molar-refractivity contribution in [3.8, 4) is 0 Å². The summed E-state index contributed by atoms with van der Waals surface area (Å²) in [5.41, 5.74) is 0. The Kier molecular flexibility index (Phi) is 6.63. The van der Waals surface area contributed by atoms with Gasteiger partial charge in [-0.05, 0) is 44.4 Å². The molecule has 5 nitrogen and oxygen atoms in total. The van der Waals surface area contributed by atoms with E-state index in [-0.39, 0.29) is 6.10 Å². The summed E-state index contributed by atoms with van der Waals surface area (Å²) in [5.74, 6) is 0. The van der Waals surface area contributed by atoms with Gasteiger partial charge in [-0.3, -0.25) is 0 Å². The highest BCUT2D eigenvalue weighted by molar-refractivity contribution is 7.91. The molecule has 1 aromatic heterocycles. The van der Waals surface area contributed by atoms with Gasteiger partial charge in [0.2, 0.25) is 10.0 Å². The fourth-order valence-corrected chi connectivity index (χ4v) is 4.70.